The zero-order valence-corrected chi connectivity index (χ0v) is 11.8. The van der Waals surface area contributed by atoms with Gasteiger partial charge in [0.1, 0.15) is 0 Å². The topological polar surface area (TPSA) is 0 Å². The van der Waals surface area contributed by atoms with E-state index in [0.717, 1.165) is 11.3 Å². The van der Waals surface area contributed by atoms with Crippen molar-refractivity contribution in [3.8, 4) is 11.1 Å². The summed E-state index contributed by atoms with van der Waals surface area (Å²) >= 11 is 1.78. The highest BCUT2D eigenvalue weighted by Gasteiger charge is 2.12. The zero-order chi connectivity index (χ0) is 13.2. The highest BCUT2D eigenvalue weighted by atomic mass is 32.2. The summed E-state index contributed by atoms with van der Waals surface area (Å²) in [4.78, 5) is 2.46. The normalized spacial score (nSPS) is 14.1. The molecule has 0 aromatic heterocycles. The van der Waals surface area contributed by atoms with Gasteiger partial charge in [0.15, 0.2) is 0 Å². The third-order valence-corrected chi connectivity index (χ3v) is 4.42. The minimum atomic E-state index is 0.987. The van der Waals surface area contributed by atoms with Crippen LogP contribution in [-0.4, -0.2) is 0 Å². The predicted molar refractivity (Wildman–Crippen MR) is 84.5 cm³/mol. The Labute approximate surface area is 118 Å². The van der Waals surface area contributed by atoms with Gasteiger partial charge in [0.2, 0.25) is 0 Å². The molecular weight excluding hydrogens is 248 g/mol. The van der Waals surface area contributed by atoms with Crippen LogP contribution in [0.1, 0.15) is 11.1 Å². The summed E-state index contributed by atoms with van der Waals surface area (Å²) in [6.07, 6.45) is 5.30. The molecule has 0 nitrogen and oxygen atoms in total. The summed E-state index contributed by atoms with van der Waals surface area (Å²) in [5, 5.41) is 0. The van der Waals surface area contributed by atoms with Gasteiger partial charge in [-0.05, 0) is 30.0 Å². The number of hydrogen-bond donors (Lipinski definition) is 0. The van der Waals surface area contributed by atoms with Crippen LogP contribution in [-0.2, 0) is 6.42 Å². The molecule has 0 saturated heterocycles. The Morgan fingerprint density at radius 3 is 2.63 bits per heavy atom. The number of benzene rings is 2. The molecule has 94 valence electrons. The standard InChI is InChI=1S/C18H16S/c1-13-9-11-15(12-10-13)17-8-4-7-16-6-3-5-14(2)19-18(16)17/h3-5,7-12H,2,6H2,1H3. The molecule has 0 bridgehead atoms. The van der Waals surface area contributed by atoms with Gasteiger partial charge in [-0.1, -0.05) is 78.5 Å². The fourth-order valence-corrected chi connectivity index (χ4v) is 3.31. The minimum Gasteiger partial charge on any atom is -0.0898 e. The van der Waals surface area contributed by atoms with E-state index in [2.05, 4.69) is 68.1 Å². The van der Waals surface area contributed by atoms with Crippen LogP contribution in [0.5, 0.6) is 0 Å². The fourth-order valence-electron chi connectivity index (χ4n) is 2.31. The second-order valence-corrected chi connectivity index (χ2v) is 5.97. The molecule has 1 aliphatic rings. The molecular formula is C18H16S. The third kappa shape index (κ3) is 2.52. The van der Waals surface area contributed by atoms with Crippen LogP contribution in [0.25, 0.3) is 11.1 Å². The Hall–Kier alpha value is -1.73. The van der Waals surface area contributed by atoms with Gasteiger partial charge in [0.25, 0.3) is 0 Å². The van der Waals surface area contributed by atoms with Crippen LogP contribution in [0.15, 0.2) is 71.0 Å². The first kappa shape index (κ1) is 12.3. The van der Waals surface area contributed by atoms with E-state index in [1.807, 2.05) is 0 Å². The smallest absolute Gasteiger partial charge is 0.0235 e. The average molecular weight is 264 g/mol. The molecule has 19 heavy (non-hydrogen) atoms. The lowest BCUT2D eigenvalue weighted by Gasteiger charge is -2.12. The van der Waals surface area contributed by atoms with Crippen molar-refractivity contribution in [2.24, 2.45) is 0 Å². The summed E-state index contributed by atoms with van der Waals surface area (Å²) in [6, 6.07) is 15.3. The van der Waals surface area contributed by atoms with Crippen molar-refractivity contribution >= 4 is 11.8 Å². The Morgan fingerprint density at radius 1 is 1.05 bits per heavy atom. The van der Waals surface area contributed by atoms with E-state index < -0.39 is 0 Å². The van der Waals surface area contributed by atoms with Crippen LogP contribution in [0.2, 0.25) is 0 Å². The number of thioether (sulfide) groups is 1. The summed E-state index contributed by atoms with van der Waals surface area (Å²) in [5.41, 5.74) is 5.28. The van der Waals surface area contributed by atoms with Crippen LogP contribution in [0, 0.1) is 6.92 Å². The van der Waals surface area contributed by atoms with Crippen molar-refractivity contribution in [2.75, 3.05) is 0 Å². The summed E-state index contributed by atoms with van der Waals surface area (Å²) in [5.74, 6) is 0. The summed E-state index contributed by atoms with van der Waals surface area (Å²) < 4.78 is 0. The van der Waals surface area contributed by atoms with Crippen molar-refractivity contribution in [1.82, 2.24) is 0 Å². The molecule has 0 atom stereocenters. The van der Waals surface area contributed by atoms with E-state index in [1.165, 1.54) is 27.1 Å². The number of fused-ring (bicyclic) bond motifs is 1. The second kappa shape index (κ2) is 5.10. The molecule has 0 N–H and O–H groups in total. The molecule has 0 saturated carbocycles. The van der Waals surface area contributed by atoms with Gasteiger partial charge in [-0.15, -0.1) is 0 Å². The SMILES string of the molecule is C=C1C=CCc2cccc(-c3ccc(C)cc3)c2S1. The molecule has 0 amide bonds. The van der Waals surface area contributed by atoms with E-state index >= 15 is 0 Å². The highest BCUT2D eigenvalue weighted by Crippen LogP contribution is 2.39. The summed E-state index contributed by atoms with van der Waals surface area (Å²) in [6.45, 7) is 6.22. The Balaban J connectivity index is 2.13. The molecule has 0 radical (unpaired) electrons. The lowest BCUT2D eigenvalue weighted by molar-refractivity contribution is 1.19. The maximum absolute atomic E-state index is 4.10. The molecule has 1 heteroatoms. The van der Waals surface area contributed by atoms with Gasteiger partial charge >= 0.3 is 0 Å². The van der Waals surface area contributed by atoms with Crippen molar-refractivity contribution in [3.63, 3.8) is 0 Å². The average Bonchev–Trinajstić information content (AvgIpc) is 2.60. The number of rotatable bonds is 1. The van der Waals surface area contributed by atoms with Gasteiger partial charge in [-0.3, -0.25) is 0 Å². The number of hydrogen-bond acceptors (Lipinski definition) is 1. The number of allylic oxidation sites excluding steroid dienone is 2. The van der Waals surface area contributed by atoms with Crippen LogP contribution >= 0.6 is 11.8 Å². The van der Waals surface area contributed by atoms with Gasteiger partial charge in [-0.25, -0.2) is 0 Å². The van der Waals surface area contributed by atoms with E-state index in [4.69, 9.17) is 0 Å². The largest absolute Gasteiger partial charge is 0.0898 e. The van der Waals surface area contributed by atoms with Crippen LogP contribution in [0.4, 0.5) is 0 Å². The maximum Gasteiger partial charge on any atom is 0.0235 e. The van der Waals surface area contributed by atoms with Crippen LogP contribution < -0.4 is 0 Å². The number of aryl methyl sites for hydroxylation is 1. The van der Waals surface area contributed by atoms with Crippen molar-refractivity contribution in [2.45, 2.75) is 18.2 Å². The molecule has 1 aliphatic heterocycles. The van der Waals surface area contributed by atoms with Gasteiger partial charge in [0, 0.05) is 9.80 Å². The van der Waals surface area contributed by atoms with Crippen molar-refractivity contribution in [3.05, 3.63) is 77.2 Å². The lowest BCUT2D eigenvalue weighted by atomic mass is 10.0. The third-order valence-electron chi connectivity index (χ3n) is 3.33. The van der Waals surface area contributed by atoms with Gasteiger partial charge < -0.3 is 0 Å². The van der Waals surface area contributed by atoms with Gasteiger partial charge in [0.05, 0.1) is 0 Å². The van der Waals surface area contributed by atoms with Crippen molar-refractivity contribution in [1.29, 1.82) is 0 Å². The van der Waals surface area contributed by atoms with E-state index in [0.29, 0.717) is 0 Å². The lowest BCUT2D eigenvalue weighted by Crippen LogP contribution is -1.89. The molecule has 1 heterocycles. The predicted octanol–water partition coefficient (Wildman–Crippen LogP) is 5.38. The highest BCUT2D eigenvalue weighted by molar-refractivity contribution is 8.03. The fraction of sp³-hybridized carbons (Fsp3) is 0.111. The molecule has 2 aromatic carbocycles. The first-order valence-electron chi connectivity index (χ1n) is 6.46. The maximum atomic E-state index is 4.10. The van der Waals surface area contributed by atoms with Crippen LogP contribution in [0.3, 0.4) is 0 Å². The Kier molecular flexibility index (Phi) is 3.31. The van der Waals surface area contributed by atoms with E-state index in [1.54, 1.807) is 11.8 Å². The molecule has 0 unspecified atom stereocenters. The first-order chi connectivity index (χ1) is 9.24. The molecule has 0 aliphatic carbocycles. The van der Waals surface area contributed by atoms with E-state index in [-0.39, 0.29) is 0 Å². The Morgan fingerprint density at radius 2 is 1.84 bits per heavy atom. The zero-order valence-electron chi connectivity index (χ0n) is 11.0. The summed E-state index contributed by atoms with van der Waals surface area (Å²) in [7, 11) is 0. The van der Waals surface area contributed by atoms with Crippen molar-refractivity contribution < 1.29 is 0 Å². The molecule has 0 spiro atoms. The molecule has 3 rings (SSSR count). The molecule has 0 fully saturated rings. The molecule has 2 aromatic rings. The Bertz CT molecular complexity index is 648. The quantitative estimate of drug-likeness (QED) is 0.666. The monoisotopic (exact) mass is 264 g/mol. The van der Waals surface area contributed by atoms with E-state index in [9.17, 15) is 0 Å². The van der Waals surface area contributed by atoms with Gasteiger partial charge in [-0.2, -0.15) is 0 Å². The second-order valence-electron chi connectivity index (χ2n) is 4.83. The first-order valence-corrected chi connectivity index (χ1v) is 7.28. The minimum absolute atomic E-state index is 0.987.